The van der Waals surface area contributed by atoms with Gasteiger partial charge in [0.15, 0.2) is 0 Å². The summed E-state index contributed by atoms with van der Waals surface area (Å²) in [5.74, 6) is -0.0460. The molecule has 0 aromatic heterocycles. The van der Waals surface area contributed by atoms with Crippen LogP contribution in [0.4, 0.5) is 0 Å². The monoisotopic (exact) mass is 434 g/mol. The van der Waals surface area contributed by atoms with E-state index in [-0.39, 0.29) is 29.3 Å². The largest absolute Gasteiger partial charge is 0.481 e. The Kier molecular flexibility index (Phi) is 5.67. The number of aliphatic hydroxyl groups excluding tert-OH is 2. The third-order valence-corrected chi connectivity index (χ3v) is 10.3. The Morgan fingerprint density at radius 1 is 1.16 bits per heavy atom. The predicted octanol–water partition coefficient (Wildman–Crippen LogP) is 5.42. The van der Waals surface area contributed by atoms with Crippen molar-refractivity contribution >= 4 is 5.97 Å². The fourth-order valence-corrected chi connectivity index (χ4v) is 8.42. The number of carboxylic acid groups (broad SMARTS) is 1. The lowest BCUT2D eigenvalue weighted by molar-refractivity contribution is -0.141. The maximum atomic E-state index is 11.3. The number of aliphatic carboxylic acids is 1. The minimum atomic E-state index is -1.70. The van der Waals surface area contributed by atoms with Crippen molar-refractivity contribution < 1.29 is 22.9 Å². The van der Waals surface area contributed by atoms with E-state index in [2.05, 4.69) is 26.8 Å². The van der Waals surface area contributed by atoms with Gasteiger partial charge in [-0.1, -0.05) is 52.2 Å². The van der Waals surface area contributed by atoms with E-state index in [4.69, 9.17) is 2.74 Å². The molecule has 4 heteroatoms. The molecule has 3 saturated carbocycles. The van der Waals surface area contributed by atoms with Gasteiger partial charge in [-0.2, -0.15) is 0 Å². The predicted molar refractivity (Wildman–Crippen MR) is 122 cm³/mol. The van der Waals surface area contributed by atoms with E-state index in [0.29, 0.717) is 36.5 Å². The van der Waals surface area contributed by atoms with Crippen LogP contribution in [0.2, 0.25) is 0 Å². The summed E-state index contributed by atoms with van der Waals surface area (Å²) >= 11 is 0. The van der Waals surface area contributed by atoms with Crippen molar-refractivity contribution in [3.63, 3.8) is 0 Å². The molecule has 0 aromatic rings. The molecular formula is C27H44O4. The first kappa shape index (κ1) is 20.7. The quantitative estimate of drug-likeness (QED) is 0.488. The minimum absolute atomic E-state index is 0.0944. The summed E-state index contributed by atoms with van der Waals surface area (Å²) in [5, 5.41) is 30.8. The molecule has 3 fully saturated rings. The Balaban J connectivity index is 1.50. The van der Waals surface area contributed by atoms with Gasteiger partial charge in [-0.25, -0.2) is 0 Å². The molecule has 10 atom stereocenters. The highest BCUT2D eigenvalue weighted by atomic mass is 16.4. The second-order valence-corrected chi connectivity index (χ2v) is 11.8. The van der Waals surface area contributed by atoms with Crippen LogP contribution in [0.25, 0.3) is 0 Å². The van der Waals surface area contributed by atoms with Crippen molar-refractivity contribution in [2.75, 3.05) is 0 Å². The molecule has 0 saturated heterocycles. The highest BCUT2D eigenvalue weighted by molar-refractivity contribution is 5.69. The normalized spacial score (nSPS) is 47.7. The van der Waals surface area contributed by atoms with Gasteiger partial charge >= 0.3 is 5.97 Å². The number of fused-ring (bicyclic) bond motifs is 5. The van der Waals surface area contributed by atoms with Gasteiger partial charge in [-0.15, -0.1) is 0 Å². The summed E-state index contributed by atoms with van der Waals surface area (Å²) in [6, 6.07) is 0. The van der Waals surface area contributed by atoms with E-state index >= 15 is 0 Å². The summed E-state index contributed by atoms with van der Waals surface area (Å²) in [6.45, 7) is 8.48. The van der Waals surface area contributed by atoms with E-state index < -0.39 is 24.4 Å². The first-order chi connectivity index (χ1) is 15.3. The van der Waals surface area contributed by atoms with Gasteiger partial charge in [0.05, 0.1) is 18.1 Å². The second kappa shape index (κ2) is 8.48. The van der Waals surface area contributed by atoms with Crippen LogP contribution in [0.15, 0.2) is 11.6 Å². The zero-order valence-corrected chi connectivity index (χ0v) is 19.8. The molecule has 0 spiro atoms. The number of carbonyl (C=O) groups is 1. The second-order valence-electron chi connectivity index (χ2n) is 11.8. The van der Waals surface area contributed by atoms with Crippen molar-refractivity contribution in [2.24, 2.45) is 46.3 Å². The SMILES string of the molecule is [2H]C([2H])(CCC(C)C1CCC2C3C(CC[C@]12C)[C@@]1(C)CC[C@H](O)CC1=C[C@H]3O)C(C)C(=O)O. The molecular weight excluding hydrogens is 388 g/mol. The Morgan fingerprint density at radius 3 is 2.61 bits per heavy atom. The third kappa shape index (κ3) is 3.90. The molecule has 4 nitrogen and oxygen atoms in total. The first-order valence-electron chi connectivity index (χ1n) is 13.6. The minimum Gasteiger partial charge on any atom is -0.481 e. The molecule has 0 aromatic carbocycles. The topological polar surface area (TPSA) is 77.8 Å². The number of hydrogen-bond donors (Lipinski definition) is 3. The van der Waals surface area contributed by atoms with Gasteiger partial charge in [0.2, 0.25) is 0 Å². The Labute approximate surface area is 191 Å². The summed E-state index contributed by atoms with van der Waals surface area (Å²) < 4.78 is 16.5. The molecule has 0 amide bonds. The zero-order chi connectivity index (χ0) is 24.3. The number of aliphatic hydroxyl groups is 2. The molecule has 3 N–H and O–H groups in total. The highest BCUT2D eigenvalue weighted by Gasteiger charge is 2.61. The van der Waals surface area contributed by atoms with E-state index in [1.165, 1.54) is 12.5 Å². The van der Waals surface area contributed by atoms with Gasteiger partial charge in [0.1, 0.15) is 0 Å². The molecule has 0 radical (unpaired) electrons. The molecule has 6 unspecified atom stereocenters. The zero-order valence-electron chi connectivity index (χ0n) is 21.8. The van der Waals surface area contributed by atoms with E-state index in [1.807, 2.05) is 0 Å². The molecule has 0 aliphatic heterocycles. The lowest BCUT2D eigenvalue weighted by atomic mass is 9.46. The van der Waals surface area contributed by atoms with Crippen LogP contribution in [-0.2, 0) is 4.79 Å². The van der Waals surface area contributed by atoms with E-state index in [9.17, 15) is 20.1 Å². The van der Waals surface area contributed by atoms with Crippen molar-refractivity contribution in [3.05, 3.63) is 11.6 Å². The Morgan fingerprint density at radius 2 is 1.90 bits per heavy atom. The summed E-state index contributed by atoms with van der Waals surface area (Å²) in [6.07, 6.45) is 7.71. The molecule has 4 aliphatic rings. The number of carboxylic acids is 1. The van der Waals surface area contributed by atoms with Crippen molar-refractivity contribution in [1.82, 2.24) is 0 Å². The first-order valence-corrected chi connectivity index (χ1v) is 12.6. The lowest BCUT2D eigenvalue weighted by Gasteiger charge is -2.59. The van der Waals surface area contributed by atoms with Crippen LogP contribution >= 0.6 is 0 Å². The molecule has 4 rings (SSSR count). The van der Waals surface area contributed by atoms with Crippen LogP contribution in [-0.4, -0.2) is 33.5 Å². The smallest absolute Gasteiger partial charge is 0.306 e. The van der Waals surface area contributed by atoms with Crippen molar-refractivity contribution in [2.45, 2.75) is 104 Å². The number of rotatable bonds is 6. The van der Waals surface area contributed by atoms with Gasteiger partial charge in [-0.05, 0) is 91.7 Å². The van der Waals surface area contributed by atoms with Crippen LogP contribution in [0.5, 0.6) is 0 Å². The maximum absolute atomic E-state index is 11.3. The van der Waals surface area contributed by atoms with Crippen LogP contribution in [0.3, 0.4) is 0 Å². The van der Waals surface area contributed by atoms with Crippen molar-refractivity contribution in [3.8, 4) is 0 Å². The molecule has 0 bridgehead atoms. The van der Waals surface area contributed by atoms with E-state index in [1.54, 1.807) is 0 Å². The van der Waals surface area contributed by atoms with Gasteiger partial charge in [0, 0.05) is 2.74 Å². The molecule has 31 heavy (non-hydrogen) atoms. The van der Waals surface area contributed by atoms with Gasteiger partial charge in [0.25, 0.3) is 0 Å². The summed E-state index contributed by atoms with van der Waals surface area (Å²) in [7, 11) is 0. The average Bonchev–Trinajstić information content (AvgIpc) is 3.10. The van der Waals surface area contributed by atoms with Crippen molar-refractivity contribution in [1.29, 1.82) is 0 Å². The summed E-state index contributed by atoms with van der Waals surface area (Å²) in [5.41, 5.74) is 1.51. The van der Waals surface area contributed by atoms with Crippen LogP contribution in [0.1, 0.15) is 94.6 Å². The Hall–Kier alpha value is -0.870. The molecule has 4 aliphatic carbocycles. The standard InChI is InChI=1S/C27H44O4/c1-16(6-5-7-17(2)25(30)31)20-8-9-21-24-22(11-13-27(20,21)4)26(3)12-10-19(28)14-18(26)15-23(24)29/h15-17,19-24,28-29H,5-14H2,1-4H3,(H,30,31)/t16?,17?,19-,20?,21?,22?,23+,24?,26-,27+/m0/s1/i7D2. The van der Waals surface area contributed by atoms with Crippen LogP contribution in [0, 0.1) is 46.3 Å². The maximum Gasteiger partial charge on any atom is 0.306 e. The summed E-state index contributed by atoms with van der Waals surface area (Å²) in [4.78, 5) is 11.3. The fraction of sp³-hybridized carbons (Fsp3) is 0.889. The van der Waals surface area contributed by atoms with Gasteiger partial charge in [-0.3, -0.25) is 4.79 Å². The average molecular weight is 435 g/mol. The van der Waals surface area contributed by atoms with Crippen LogP contribution < -0.4 is 0 Å². The van der Waals surface area contributed by atoms with Gasteiger partial charge < -0.3 is 15.3 Å². The Bertz CT molecular complexity index is 797. The van der Waals surface area contributed by atoms with E-state index in [0.717, 1.165) is 38.5 Å². The number of hydrogen-bond acceptors (Lipinski definition) is 3. The third-order valence-electron chi connectivity index (χ3n) is 10.3. The lowest BCUT2D eigenvalue weighted by Crippen LogP contribution is -2.54. The fourth-order valence-electron chi connectivity index (χ4n) is 8.42. The highest BCUT2D eigenvalue weighted by Crippen LogP contribution is 2.67. The molecule has 176 valence electrons. The molecule has 0 heterocycles.